The Hall–Kier alpha value is -1.86. The van der Waals surface area contributed by atoms with Crippen molar-refractivity contribution >= 4 is 5.91 Å². The molecule has 1 aromatic carbocycles. The molecule has 0 bridgehead atoms. The summed E-state index contributed by atoms with van der Waals surface area (Å²) < 4.78 is 0. The normalized spacial score (nSPS) is 18.7. The SMILES string of the molecule is N#Cc1ccc(CCC(=O)N2CCCC2N)cc1. The van der Waals surface area contributed by atoms with Gasteiger partial charge in [0.15, 0.2) is 0 Å². The van der Waals surface area contributed by atoms with Gasteiger partial charge in [-0.15, -0.1) is 0 Å². The Balaban J connectivity index is 1.87. The number of aryl methyl sites for hydroxylation is 1. The molecule has 0 radical (unpaired) electrons. The van der Waals surface area contributed by atoms with Crippen LogP contribution in [0.1, 0.15) is 30.4 Å². The molecule has 2 N–H and O–H groups in total. The molecule has 1 fully saturated rings. The smallest absolute Gasteiger partial charge is 0.224 e. The monoisotopic (exact) mass is 243 g/mol. The second kappa shape index (κ2) is 5.65. The predicted molar refractivity (Wildman–Crippen MR) is 68.4 cm³/mol. The predicted octanol–water partition coefficient (Wildman–Crippen LogP) is 1.40. The first-order valence-electron chi connectivity index (χ1n) is 6.25. The van der Waals surface area contributed by atoms with Crippen LogP contribution in [0.2, 0.25) is 0 Å². The molecule has 1 aromatic rings. The first kappa shape index (κ1) is 12.6. The summed E-state index contributed by atoms with van der Waals surface area (Å²) in [6, 6.07) is 9.43. The zero-order valence-corrected chi connectivity index (χ0v) is 10.3. The van der Waals surface area contributed by atoms with Crippen LogP contribution in [0, 0.1) is 11.3 Å². The maximum absolute atomic E-state index is 11.9. The highest BCUT2D eigenvalue weighted by atomic mass is 16.2. The fourth-order valence-corrected chi connectivity index (χ4v) is 2.24. The number of rotatable bonds is 3. The molecule has 1 unspecified atom stereocenters. The maximum atomic E-state index is 11.9. The molecule has 1 aliphatic rings. The standard InChI is InChI=1S/C14H17N3O/c15-10-12-5-3-11(4-6-12)7-8-14(18)17-9-1-2-13(17)16/h3-6,13H,1-2,7-9,16H2. The third kappa shape index (κ3) is 2.88. The van der Waals surface area contributed by atoms with E-state index in [2.05, 4.69) is 6.07 Å². The zero-order chi connectivity index (χ0) is 13.0. The van der Waals surface area contributed by atoms with E-state index in [-0.39, 0.29) is 12.1 Å². The molecule has 0 aliphatic carbocycles. The van der Waals surface area contributed by atoms with Gasteiger partial charge in [-0.25, -0.2) is 0 Å². The van der Waals surface area contributed by atoms with Crippen LogP contribution >= 0.6 is 0 Å². The quantitative estimate of drug-likeness (QED) is 0.872. The van der Waals surface area contributed by atoms with Gasteiger partial charge in [0.2, 0.25) is 5.91 Å². The molecule has 18 heavy (non-hydrogen) atoms. The minimum atomic E-state index is -0.0986. The second-order valence-corrected chi connectivity index (χ2v) is 4.61. The number of nitriles is 1. The van der Waals surface area contributed by atoms with Gasteiger partial charge in [-0.2, -0.15) is 5.26 Å². The lowest BCUT2D eigenvalue weighted by Gasteiger charge is -2.21. The van der Waals surface area contributed by atoms with Gasteiger partial charge >= 0.3 is 0 Å². The minimum absolute atomic E-state index is 0.0986. The van der Waals surface area contributed by atoms with Crippen LogP contribution in [-0.2, 0) is 11.2 Å². The number of nitrogens with two attached hydrogens (primary N) is 1. The number of likely N-dealkylation sites (tertiary alicyclic amines) is 1. The van der Waals surface area contributed by atoms with Crippen LogP contribution in [0.3, 0.4) is 0 Å². The minimum Gasteiger partial charge on any atom is -0.327 e. The molecule has 4 heteroatoms. The summed E-state index contributed by atoms with van der Waals surface area (Å²) in [6.07, 6.45) is 3.00. The van der Waals surface area contributed by atoms with E-state index in [0.717, 1.165) is 24.9 Å². The number of hydrogen-bond acceptors (Lipinski definition) is 3. The molecule has 2 rings (SSSR count). The van der Waals surface area contributed by atoms with Crippen molar-refractivity contribution < 1.29 is 4.79 Å². The van der Waals surface area contributed by atoms with Crippen molar-refractivity contribution in [3.63, 3.8) is 0 Å². The Labute approximate surface area is 107 Å². The first-order valence-corrected chi connectivity index (χ1v) is 6.25. The number of nitrogens with zero attached hydrogens (tertiary/aromatic N) is 2. The fraction of sp³-hybridized carbons (Fsp3) is 0.429. The van der Waals surface area contributed by atoms with Crippen LogP contribution in [0.25, 0.3) is 0 Å². The van der Waals surface area contributed by atoms with Crippen LogP contribution < -0.4 is 5.73 Å². The molecule has 1 amide bonds. The zero-order valence-electron chi connectivity index (χ0n) is 10.3. The first-order chi connectivity index (χ1) is 8.70. The van der Waals surface area contributed by atoms with Crippen LogP contribution in [0.15, 0.2) is 24.3 Å². The number of benzene rings is 1. The molecule has 1 aliphatic heterocycles. The maximum Gasteiger partial charge on any atom is 0.224 e. The molecular formula is C14H17N3O. The summed E-state index contributed by atoms with van der Waals surface area (Å²) in [5.41, 5.74) is 7.58. The summed E-state index contributed by atoms with van der Waals surface area (Å²) in [6.45, 7) is 0.785. The van der Waals surface area contributed by atoms with Gasteiger partial charge in [0.1, 0.15) is 0 Å². The highest BCUT2D eigenvalue weighted by Gasteiger charge is 2.24. The van der Waals surface area contributed by atoms with E-state index >= 15 is 0 Å². The Morgan fingerprint density at radius 2 is 2.17 bits per heavy atom. The van der Waals surface area contributed by atoms with E-state index in [1.807, 2.05) is 12.1 Å². The molecule has 4 nitrogen and oxygen atoms in total. The summed E-state index contributed by atoms with van der Waals surface area (Å²) >= 11 is 0. The van der Waals surface area contributed by atoms with Crippen LogP contribution in [0.5, 0.6) is 0 Å². The number of amides is 1. The van der Waals surface area contributed by atoms with E-state index in [1.165, 1.54) is 0 Å². The lowest BCUT2D eigenvalue weighted by atomic mass is 10.1. The molecule has 0 saturated carbocycles. The Kier molecular flexibility index (Phi) is 3.96. The van der Waals surface area contributed by atoms with E-state index in [0.29, 0.717) is 18.4 Å². The van der Waals surface area contributed by atoms with Crippen molar-refractivity contribution in [2.45, 2.75) is 31.8 Å². The van der Waals surface area contributed by atoms with Gasteiger partial charge in [-0.1, -0.05) is 12.1 Å². The molecule has 0 spiro atoms. The average molecular weight is 243 g/mol. The van der Waals surface area contributed by atoms with Crippen molar-refractivity contribution in [1.29, 1.82) is 5.26 Å². The van der Waals surface area contributed by atoms with Gasteiger partial charge < -0.3 is 10.6 Å². The molecule has 0 aromatic heterocycles. The molecule has 94 valence electrons. The molecule has 1 heterocycles. The molecule has 1 atom stereocenters. The third-order valence-electron chi connectivity index (χ3n) is 3.33. The van der Waals surface area contributed by atoms with E-state index < -0.39 is 0 Å². The van der Waals surface area contributed by atoms with E-state index in [4.69, 9.17) is 11.0 Å². The number of hydrogen-bond donors (Lipinski definition) is 1. The Bertz CT molecular complexity index is 461. The number of carbonyl (C=O) groups excluding carboxylic acids is 1. The fourth-order valence-electron chi connectivity index (χ4n) is 2.24. The van der Waals surface area contributed by atoms with E-state index in [9.17, 15) is 4.79 Å². The van der Waals surface area contributed by atoms with Gasteiger partial charge in [0.05, 0.1) is 17.8 Å². The summed E-state index contributed by atoms with van der Waals surface area (Å²) in [7, 11) is 0. The largest absolute Gasteiger partial charge is 0.327 e. The van der Waals surface area contributed by atoms with Crippen molar-refractivity contribution in [3.8, 4) is 6.07 Å². The van der Waals surface area contributed by atoms with Crippen molar-refractivity contribution in [1.82, 2.24) is 4.90 Å². The van der Waals surface area contributed by atoms with Crippen molar-refractivity contribution in [2.75, 3.05) is 6.54 Å². The Morgan fingerprint density at radius 3 is 2.72 bits per heavy atom. The van der Waals surface area contributed by atoms with Gasteiger partial charge in [0.25, 0.3) is 0 Å². The van der Waals surface area contributed by atoms with Gasteiger partial charge in [-0.3, -0.25) is 4.79 Å². The highest BCUT2D eigenvalue weighted by molar-refractivity contribution is 5.77. The summed E-state index contributed by atoms with van der Waals surface area (Å²) in [5.74, 6) is 0.129. The third-order valence-corrected chi connectivity index (χ3v) is 3.33. The second-order valence-electron chi connectivity index (χ2n) is 4.61. The lowest BCUT2D eigenvalue weighted by Crippen LogP contribution is -2.41. The van der Waals surface area contributed by atoms with Gasteiger partial charge in [-0.05, 0) is 37.0 Å². The van der Waals surface area contributed by atoms with Gasteiger partial charge in [0, 0.05) is 13.0 Å². The molecular weight excluding hydrogens is 226 g/mol. The average Bonchev–Trinajstić information content (AvgIpc) is 2.83. The molecule has 1 saturated heterocycles. The van der Waals surface area contributed by atoms with Crippen molar-refractivity contribution in [3.05, 3.63) is 35.4 Å². The summed E-state index contributed by atoms with van der Waals surface area (Å²) in [5, 5.41) is 8.69. The van der Waals surface area contributed by atoms with Crippen LogP contribution in [0.4, 0.5) is 0 Å². The van der Waals surface area contributed by atoms with Crippen LogP contribution in [-0.4, -0.2) is 23.5 Å². The topological polar surface area (TPSA) is 70.1 Å². The Morgan fingerprint density at radius 1 is 1.44 bits per heavy atom. The highest BCUT2D eigenvalue weighted by Crippen LogP contribution is 2.15. The summed E-state index contributed by atoms with van der Waals surface area (Å²) in [4.78, 5) is 13.7. The van der Waals surface area contributed by atoms with Crippen molar-refractivity contribution in [2.24, 2.45) is 5.73 Å². The lowest BCUT2D eigenvalue weighted by molar-refractivity contribution is -0.131. The van der Waals surface area contributed by atoms with E-state index in [1.54, 1.807) is 17.0 Å². The number of carbonyl (C=O) groups is 1.